The quantitative estimate of drug-likeness (QED) is 0.175. The highest BCUT2D eigenvalue weighted by molar-refractivity contribution is 7.99. The molecule has 4 aliphatic rings. The van der Waals surface area contributed by atoms with Crippen molar-refractivity contribution in [3.63, 3.8) is 0 Å². The van der Waals surface area contributed by atoms with Crippen LogP contribution in [0.15, 0.2) is 259 Å². The summed E-state index contributed by atoms with van der Waals surface area (Å²) in [6.07, 6.45) is 0. The number of ether oxygens (including phenoxy) is 1. The smallest absolute Gasteiger partial charge is 0.132 e. The van der Waals surface area contributed by atoms with Crippen LogP contribution in [-0.4, -0.2) is 0 Å². The molecule has 0 fully saturated rings. The van der Waals surface area contributed by atoms with Crippen LogP contribution < -0.4 is 9.64 Å². The molecule has 2 aliphatic carbocycles. The number of anilines is 3. The van der Waals surface area contributed by atoms with E-state index in [4.69, 9.17) is 4.74 Å². The minimum Gasteiger partial charge on any atom is -0.457 e. The summed E-state index contributed by atoms with van der Waals surface area (Å²) >= 11 is 1.89. The first-order chi connectivity index (χ1) is 34.2. The molecule has 0 N–H and O–H groups in total. The molecule has 2 heterocycles. The van der Waals surface area contributed by atoms with Gasteiger partial charge in [-0.1, -0.05) is 200 Å². The third-order valence-electron chi connectivity index (χ3n) is 15.4. The summed E-state index contributed by atoms with van der Waals surface area (Å²) in [6.45, 7) is 0. The fourth-order valence-electron chi connectivity index (χ4n) is 12.7. The Kier molecular flexibility index (Phi) is 8.17. The first kappa shape index (κ1) is 38.7. The number of hydrogen-bond donors (Lipinski definition) is 0. The van der Waals surface area contributed by atoms with Crippen LogP contribution in [0.4, 0.5) is 17.1 Å². The molecule has 11 aromatic carbocycles. The normalized spacial score (nSPS) is 14.4. The van der Waals surface area contributed by atoms with Crippen molar-refractivity contribution in [1.29, 1.82) is 0 Å². The SMILES string of the molecule is c1ccc(-c2ccccc2N(c2ccc3c(c2)C2(c4ccccc4Sc4ccccc42)c2cc4ccccc4cc2-3)c2cccc3c2-c2ccccc2C32c3ccccc3Oc3ccccc32)cc1. The lowest BCUT2D eigenvalue weighted by Gasteiger charge is -2.40. The van der Waals surface area contributed by atoms with Crippen LogP contribution in [0.25, 0.3) is 44.2 Å². The molecule has 0 saturated heterocycles. The Morgan fingerprint density at radius 1 is 0.319 bits per heavy atom. The van der Waals surface area contributed by atoms with Gasteiger partial charge in [-0.15, -0.1) is 0 Å². The molecule has 0 radical (unpaired) electrons. The Labute approximate surface area is 405 Å². The Morgan fingerprint density at radius 2 is 0.841 bits per heavy atom. The molecule has 0 atom stereocenters. The Bertz CT molecular complexity index is 3850. The highest BCUT2D eigenvalue weighted by Gasteiger charge is 2.53. The standard InChI is InChI=1S/C66H41NOS/c1-2-19-42(20-3-1)46-23-7-13-31-58(46)67(59-32-18-30-55-64(59)48-24-6-8-25-50(48)65(55)51-26-9-14-33-60(51)68-61-34-15-10-27-52(61)65)45-37-38-47-49-39-43-21-4-5-22-44(43)40-56(49)66(57(47)41-45)53-28-11-16-35-62(53)69-63-36-17-12-29-54(63)66/h1-41H. The van der Waals surface area contributed by atoms with Crippen LogP contribution in [0.5, 0.6) is 11.5 Å². The van der Waals surface area contributed by atoms with Gasteiger partial charge in [0, 0.05) is 37.7 Å². The van der Waals surface area contributed by atoms with Crippen LogP contribution >= 0.6 is 11.8 Å². The van der Waals surface area contributed by atoms with Crippen LogP contribution in [0.1, 0.15) is 44.5 Å². The zero-order valence-corrected chi connectivity index (χ0v) is 38.3. The average molecular weight is 896 g/mol. The van der Waals surface area contributed by atoms with Gasteiger partial charge < -0.3 is 9.64 Å². The molecule has 2 nitrogen and oxygen atoms in total. The Balaban J connectivity index is 1.06. The molecule has 69 heavy (non-hydrogen) atoms. The van der Waals surface area contributed by atoms with Crippen molar-refractivity contribution >= 4 is 39.6 Å². The third-order valence-corrected chi connectivity index (χ3v) is 16.5. The zero-order chi connectivity index (χ0) is 45.3. The van der Waals surface area contributed by atoms with Crippen molar-refractivity contribution in [2.24, 2.45) is 0 Å². The second kappa shape index (κ2) is 14.6. The van der Waals surface area contributed by atoms with Crippen molar-refractivity contribution < 1.29 is 4.74 Å². The van der Waals surface area contributed by atoms with Gasteiger partial charge >= 0.3 is 0 Å². The van der Waals surface area contributed by atoms with Gasteiger partial charge in [-0.05, 0) is 127 Å². The van der Waals surface area contributed by atoms with E-state index in [1.54, 1.807) is 0 Å². The molecule has 0 aromatic heterocycles. The van der Waals surface area contributed by atoms with E-state index in [-0.39, 0.29) is 0 Å². The van der Waals surface area contributed by atoms with E-state index in [0.29, 0.717) is 0 Å². The van der Waals surface area contributed by atoms with Gasteiger partial charge in [-0.3, -0.25) is 0 Å². The molecule has 2 spiro atoms. The largest absolute Gasteiger partial charge is 0.457 e. The van der Waals surface area contributed by atoms with E-state index in [9.17, 15) is 0 Å². The molecule has 0 bridgehead atoms. The van der Waals surface area contributed by atoms with Crippen molar-refractivity contribution in [3.8, 4) is 44.9 Å². The van der Waals surface area contributed by atoms with Gasteiger partial charge in [0.15, 0.2) is 0 Å². The van der Waals surface area contributed by atoms with E-state index in [0.717, 1.165) is 45.3 Å². The van der Waals surface area contributed by atoms with Crippen LogP contribution in [-0.2, 0) is 10.8 Å². The molecular formula is C66H41NOS. The van der Waals surface area contributed by atoms with E-state index < -0.39 is 10.8 Å². The van der Waals surface area contributed by atoms with Gasteiger partial charge in [-0.25, -0.2) is 0 Å². The lowest BCUT2D eigenvalue weighted by Crippen LogP contribution is -2.32. The second-order valence-electron chi connectivity index (χ2n) is 18.6. The van der Waals surface area contributed by atoms with E-state index in [1.807, 2.05) is 11.8 Å². The summed E-state index contributed by atoms with van der Waals surface area (Å²) in [4.78, 5) is 5.15. The predicted molar refractivity (Wildman–Crippen MR) is 283 cm³/mol. The van der Waals surface area contributed by atoms with Crippen LogP contribution in [0, 0.1) is 0 Å². The number of rotatable bonds is 4. The molecule has 322 valence electrons. The maximum Gasteiger partial charge on any atom is 0.132 e. The molecule has 11 aromatic rings. The third kappa shape index (κ3) is 5.17. The topological polar surface area (TPSA) is 12.5 Å². The fraction of sp³-hybridized carbons (Fsp3) is 0.0303. The summed E-state index contributed by atoms with van der Waals surface area (Å²) < 4.78 is 6.76. The van der Waals surface area contributed by atoms with Gasteiger partial charge in [0.1, 0.15) is 11.5 Å². The van der Waals surface area contributed by atoms with E-state index in [2.05, 4.69) is 254 Å². The Hall–Kier alpha value is -8.37. The lowest BCUT2D eigenvalue weighted by atomic mass is 9.66. The number of fused-ring (bicyclic) bond motifs is 19. The average Bonchev–Trinajstić information content (AvgIpc) is 3.86. The predicted octanol–water partition coefficient (Wildman–Crippen LogP) is 17.3. The van der Waals surface area contributed by atoms with Gasteiger partial charge in [0.05, 0.1) is 22.2 Å². The maximum absolute atomic E-state index is 6.76. The van der Waals surface area contributed by atoms with Gasteiger partial charge in [0.2, 0.25) is 0 Å². The molecule has 15 rings (SSSR count). The number of hydrogen-bond acceptors (Lipinski definition) is 3. The van der Waals surface area contributed by atoms with E-state index in [1.165, 1.54) is 81.8 Å². The first-order valence-electron chi connectivity index (χ1n) is 23.8. The number of nitrogens with zero attached hydrogens (tertiary/aromatic N) is 1. The summed E-state index contributed by atoms with van der Waals surface area (Å²) in [5.41, 5.74) is 19.6. The fourth-order valence-corrected chi connectivity index (χ4v) is 13.9. The molecule has 0 amide bonds. The van der Waals surface area contributed by atoms with Crippen molar-refractivity contribution in [2.45, 2.75) is 20.6 Å². The van der Waals surface area contributed by atoms with E-state index >= 15 is 0 Å². The Morgan fingerprint density at radius 3 is 1.57 bits per heavy atom. The molecule has 0 unspecified atom stereocenters. The molecular weight excluding hydrogens is 855 g/mol. The molecule has 3 heteroatoms. The second-order valence-corrected chi connectivity index (χ2v) is 19.7. The summed E-state index contributed by atoms with van der Waals surface area (Å²) in [7, 11) is 0. The van der Waals surface area contributed by atoms with Crippen molar-refractivity contribution in [1.82, 2.24) is 0 Å². The van der Waals surface area contributed by atoms with Crippen LogP contribution in [0.3, 0.4) is 0 Å². The monoisotopic (exact) mass is 895 g/mol. The van der Waals surface area contributed by atoms with Crippen LogP contribution in [0.2, 0.25) is 0 Å². The summed E-state index contributed by atoms with van der Waals surface area (Å²) in [5.74, 6) is 1.77. The van der Waals surface area contributed by atoms with Gasteiger partial charge in [-0.2, -0.15) is 0 Å². The molecule has 2 aliphatic heterocycles. The van der Waals surface area contributed by atoms with Gasteiger partial charge in [0.25, 0.3) is 0 Å². The summed E-state index contributed by atoms with van der Waals surface area (Å²) in [6, 6.07) is 92.5. The lowest BCUT2D eigenvalue weighted by molar-refractivity contribution is 0.436. The summed E-state index contributed by atoms with van der Waals surface area (Å²) in [5, 5.41) is 2.50. The highest BCUT2D eigenvalue weighted by Crippen LogP contribution is 2.66. The van der Waals surface area contributed by atoms with Crippen molar-refractivity contribution in [3.05, 3.63) is 293 Å². The minimum atomic E-state index is -0.614. The number of benzene rings is 11. The molecule has 0 saturated carbocycles. The maximum atomic E-state index is 6.76. The number of para-hydroxylation sites is 3. The first-order valence-corrected chi connectivity index (χ1v) is 24.6. The highest BCUT2D eigenvalue weighted by atomic mass is 32.2. The minimum absolute atomic E-state index is 0.571. The zero-order valence-electron chi connectivity index (χ0n) is 37.4. The van der Waals surface area contributed by atoms with Crippen molar-refractivity contribution in [2.75, 3.05) is 4.90 Å².